The van der Waals surface area contributed by atoms with Gasteiger partial charge in [-0.15, -0.1) is 11.3 Å². The Balaban J connectivity index is 1.29. The zero-order valence-corrected chi connectivity index (χ0v) is 16.2. The minimum atomic E-state index is -0.381. The Labute approximate surface area is 166 Å². The smallest absolute Gasteiger partial charge is 0.279 e. The molecule has 0 saturated carbocycles. The van der Waals surface area contributed by atoms with Crippen molar-refractivity contribution < 1.29 is 14.3 Å². The molecular formula is C20H20N4O3S. The van der Waals surface area contributed by atoms with Crippen LogP contribution in [0.2, 0.25) is 0 Å². The summed E-state index contributed by atoms with van der Waals surface area (Å²) in [6.07, 6.45) is 6.78. The molecule has 144 valence electrons. The summed E-state index contributed by atoms with van der Waals surface area (Å²) in [4.78, 5) is 30.6. The zero-order valence-electron chi connectivity index (χ0n) is 15.4. The van der Waals surface area contributed by atoms with Crippen molar-refractivity contribution in [2.24, 2.45) is 7.05 Å². The highest BCUT2D eigenvalue weighted by Gasteiger charge is 2.18. The number of rotatable bonds is 5. The Hall–Kier alpha value is -3.13. The topological polar surface area (TPSA) is 85.2 Å². The van der Waals surface area contributed by atoms with E-state index in [1.165, 1.54) is 21.8 Å². The van der Waals surface area contributed by atoms with Gasteiger partial charge in [0.1, 0.15) is 18.2 Å². The molecule has 1 aliphatic rings. The van der Waals surface area contributed by atoms with Crippen molar-refractivity contribution in [3.8, 4) is 5.75 Å². The third kappa shape index (κ3) is 3.91. The van der Waals surface area contributed by atoms with Crippen LogP contribution in [0.5, 0.6) is 5.75 Å². The molecule has 28 heavy (non-hydrogen) atoms. The van der Waals surface area contributed by atoms with Crippen molar-refractivity contribution in [3.63, 3.8) is 0 Å². The number of ether oxygens (including phenoxy) is 1. The van der Waals surface area contributed by atoms with Crippen molar-refractivity contribution >= 4 is 23.2 Å². The second-order valence-corrected chi connectivity index (χ2v) is 7.73. The average Bonchev–Trinajstić information content (AvgIpc) is 3.41. The van der Waals surface area contributed by atoms with Gasteiger partial charge in [0.15, 0.2) is 0 Å². The lowest BCUT2D eigenvalue weighted by Crippen LogP contribution is -2.41. The second kappa shape index (κ2) is 7.85. The van der Waals surface area contributed by atoms with E-state index in [1.807, 2.05) is 23.9 Å². The molecule has 4 rings (SSSR count). The number of fused-ring (bicyclic) bond motifs is 1. The first-order chi connectivity index (χ1) is 13.6. The predicted molar refractivity (Wildman–Crippen MR) is 105 cm³/mol. The van der Waals surface area contributed by atoms with Crippen LogP contribution in [0.3, 0.4) is 0 Å². The summed E-state index contributed by atoms with van der Waals surface area (Å²) in [5, 5.41) is 0. The number of hydrogen-bond donors (Lipinski definition) is 2. The van der Waals surface area contributed by atoms with Gasteiger partial charge >= 0.3 is 0 Å². The summed E-state index contributed by atoms with van der Waals surface area (Å²) in [7, 11) is 1.90. The number of nitrogens with one attached hydrogen (secondary N) is 2. The molecule has 0 saturated heterocycles. The van der Waals surface area contributed by atoms with Crippen LogP contribution in [0.25, 0.3) is 0 Å². The molecule has 3 aromatic rings. The maximum Gasteiger partial charge on any atom is 0.279 e. The average molecular weight is 396 g/mol. The Morgan fingerprint density at radius 3 is 2.68 bits per heavy atom. The molecule has 0 spiro atoms. The van der Waals surface area contributed by atoms with Crippen LogP contribution in [-0.4, -0.2) is 21.4 Å². The number of carbonyl (C=O) groups is 2. The Bertz CT molecular complexity index is 985. The molecule has 1 aromatic carbocycles. The number of imidazole rings is 1. The monoisotopic (exact) mass is 396 g/mol. The molecule has 2 heterocycles. The Morgan fingerprint density at radius 1 is 1.18 bits per heavy atom. The third-order valence-corrected chi connectivity index (χ3v) is 5.90. The molecule has 2 amide bonds. The summed E-state index contributed by atoms with van der Waals surface area (Å²) in [5.41, 5.74) is 6.62. The summed E-state index contributed by atoms with van der Waals surface area (Å²) in [6, 6.07) is 8.64. The first-order valence-corrected chi connectivity index (χ1v) is 9.83. The van der Waals surface area contributed by atoms with E-state index >= 15 is 0 Å². The van der Waals surface area contributed by atoms with Crippen molar-refractivity contribution in [3.05, 3.63) is 69.4 Å². The van der Waals surface area contributed by atoms with Gasteiger partial charge in [0.2, 0.25) is 0 Å². The number of aromatic nitrogens is 2. The molecule has 7 nitrogen and oxygen atoms in total. The van der Waals surface area contributed by atoms with Crippen LogP contribution in [0.1, 0.15) is 42.7 Å². The van der Waals surface area contributed by atoms with Gasteiger partial charge in [-0.05, 0) is 55.2 Å². The van der Waals surface area contributed by atoms with E-state index in [0.29, 0.717) is 22.8 Å². The highest BCUT2D eigenvalue weighted by atomic mass is 32.1. The van der Waals surface area contributed by atoms with Crippen LogP contribution in [0.15, 0.2) is 42.7 Å². The van der Waals surface area contributed by atoms with Crippen molar-refractivity contribution in [1.82, 2.24) is 20.4 Å². The van der Waals surface area contributed by atoms with E-state index in [-0.39, 0.29) is 11.8 Å². The van der Waals surface area contributed by atoms with Crippen LogP contribution >= 0.6 is 11.3 Å². The fraction of sp³-hybridized carbons (Fsp3) is 0.250. The molecule has 0 radical (unpaired) electrons. The molecule has 0 aliphatic heterocycles. The summed E-state index contributed by atoms with van der Waals surface area (Å²) >= 11 is 1.50. The highest BCUT2D eigenvalue weighted by molar-refractivity contribution is 7.14. The molecule has 1 aliphatic carbocycles. The van der Waals surface area contributed by atoms with Crippen LogP contribution in [0.4, 0.5) is 0 Å². The molecule has 0 atom stereocenters. The number of thiophene rings is 1. The summed E-state index contributed by atoms with van der Waals surface area (Å²) in [6.45, 7) is 0.343. The summed E-state index contributed by atoms with van der Waals surface area (Å²) < 4.78 is 7.55. The van der Waals surface area contributed by atoms with Gasteiger partial charge in [-0.3, -0.25) is 20.4 Å². The van der Waals surface area contributed by atoms with Gasteiger partial charge in [0.25, 0.3) is 11.8 Å². The number of carbonyl (C=O) groups excluding carboxylic acids is 2. The molecule has 8 heteroatoms. The predicted octanol–water partition coefficient (Wildman–Crippen LogP) is 2.62. The standard InChI is InChI=1S/C20H20N4O3S/c1-24-10-9-21-18(24)12-27-15-7-5-13(6-8-15)19(25)22-23-20(26)17-11-14-3-2-4-16(14)28-17/h5-11H,2-4,12H2,1H3,(H,22,25)(H,23,26). The molecule has 0 fully saturated rings. The summed E-state index contributed by atoms with van der Waals surface area (Å²) in [5.74, 6) is 0.775. The number of hydrogen-bond acceptors (Lipinski definition) is 5. The third-order valence-electron chi connectivity index (χ3n) is 4.67. The first-order valence-electron chi connectivity index (χ1n) is 9.01. The van der Waals surface area contributed by atoms with Crippen molar-refractivity contribution in [2.75, 3.05) is 0 Å². The lowest BCUT2D eigenvalue weighted by Gasteiger charge is -2.08. The van der Waals surface area contributed by atoms with Gasteiger partial charge < -0.3 is 9.30 Å². The quantitative estimate of drug-likeness (QED) is 0.649. The molecule has 0 bridgehead atoms. The minimum absolute atomic E-state index is 0.289. The SMILES string of the molecule is Cn1ccnc1COc1ccc(C(=O)NNC(=O)c2cc3c(s2)CCC3)cc1. The maximum atomic E-state index is 12.2. The Kier molecular flexibility index (Phi) is 5.12. The van der Waals surface area contributed by atoms with E-state index < -0.39 is 0 Å². The number of amides is 2. The lowest BCUT2D eigenvalue weighted by atomic mass is 10.2. The fourth-order valence-corrected chi connectivity index (χ4v) is 4.22. The number of nitrogens with zero attached hydrogens (tertiary/aromatic N) is 2. The van der Waals surface area contributed by atoms with Crippen LogP contribution < -0.4 is 15.6 Å². The number of benzene rings is 1. The number of hydrazine groups is 1. The van der Waals surface area contributed by atoms with Crippen LogP contribution in [0, 0.1) is 0 Å². The maximum absolute atomic E-state index is 12.2. The Morgan fingerprint density at radius 2 is 1.96 bits per heavy atom. The lowest BCUT2D eigenvalue weighted by molar-refractivity contribution is 0.0849. The fourth-order valence-electron chi connectivity index (χ4n) is 3.07. The molecule has 0 unspecified atom stereocenters. The largest absolute Gasteiger partial charge is 0.486 e. The van der Waals surface area contributed by atoms with E-state index in [1.54, 1.807) is 30.5 Å². The van der Waals surface area contributed by atoms with Gasteiger partial charge in [-0.1, -0.05) is 0 Å². The van der Waals surface area contributed by atoms with Gasteiger partial charge in [-0.2, -0.15) is 0 Å². The minimum Gasteiger partial charge on any atom is -0.486 e. The van der Waals surface area contributed by atoms with Crippen molar-refractivity contribution in [1.29, 1.82) is 0 Å². The first kappa shape index (κ1) is 18.2. The van der Waals surface area contributed by atoms with E-state index in [0.717, 1.165) is 25.1 Å². The number of aryl methyl sites for hydroxylation is 3. The van der Waals surface area contributed by atoms with Gasteiger partial charge in [-0.25, -0.2) is 4.98 Å². The molecule has 2 aromatic heterocycles. The van der Waals surface area contributed by atoms with E-state index in [2.05, 4.69) is 15.8 Å². The zero-order chi connectivity index (χ0) is 19.5. The van der Waals surface area contributed by atoms with Crippen molar-refractivity contribution in [2.45, 2.75) is 25.9 Å². The van der Waals surface area contributed by atoms with Crippen LogP contribution in [-0.2, 0) is 26.5 Å². The van der Waals surface area contributed by atoms with E-state index in [9.17, 15) is 9.59 Å². The van der Waals surface area contributed by atoms with Gasteiger partial charge in [0.05, 0.1) is 4.88 Å². The second-order valence-electron chi connectivity index (χ2n) is 6.59. The van der Waals surface area contributed by atoms with Gasteiger partial charge in [0, 0.05) is 29.9 Å². The normalized spacial score (nSPS) is 12.5. The molecule has 2 N–H and O–H groups in total. The molecular weight excluding hydrogens is 376 g/mol. The highest BCUT2D eigenvalue weighted by Crippen LogP contribution is 2.30. The van der Waals surface area contributed by atoms with E-state index in [4.69, 9.17) is 4.74 Å².